The topological polar surface area (TPSA) is 116 Å². The first-order valence-electron chi connectivity index (χ1n) is 11.7. The van der Waals surface area contributed by atoms with E-state index in [1.165, 1.54) is 0 Å². The highest BCUT2D eigenvalue weighted by Gasteiger charge is 2.42. The third-order valence-corrected chi connectivity index (χ3v) is 6.20. The second-order valence-electron chi connectivity index (χ2n) is 10.6. The minimum atomic E-state index is -1.05. The number of allylic oxidation sites excluding steroid dienone is 2. The number of carbonyl (C=O) groups excluding carboxylic acids is 4. The zero-order valence-corrected chi connectivity index (χ0v) is 21.3. The summed E-state index contributed by atoms with van der Waals surface area (Å²) < 4.78 is 16.1. The number of hydrogen-bond donors (Lipinski definition) is 1. The Kier molecular flexibility index (Phi) is 11.2. The van der Waals surface area contributed by atoms with Crippen LogP contribution in [0.5, 0.6) is 0 Å². The van der Waals surface area contributed by atoms with Gasteiger partial charge in [-0.3, -0.25) is 14.4 Å². The maximum absolute atomic E-state index is 13.1. The van der Waals surface area contributed by atoms with Gasteiger partial charge in [0.2, 0.25) is 0 Å². The molecule has 0 aromatic rings. The average molecular weight is 481 g/mol. The van der Waals surface area contributed by atoms with Gasteiger partial charge in [-0.15, -0.1) is 0 Å². The molecule has 0 aromatic heterocycles. The van der Waals surface area contributed by atoms with Crippen LogP contribution in [0.3, 0.4) is 0 Å². The lowest BCUT2D eigenvalue weighted by atomic mass is 9.69. The molecule has 192 valence electrons. The third kappa shape index (κ3) is 8.70. The van der Waals surface area contributed by atoms with E-state index < -0.39 is 53.7 Å². The molecule has 0 saturated heterocycles. The van der Waals surface area contributed by atoms with Crippen molar-refractivity contribution < 1.29 is 38.5 Å². The van der Waals surface area contributed by atoms with Gasteiger partial charge in [-0.2, -0.15) is 0 Å². The van der Waals surface area contributed by atoms with Crippen molar-refractivity contribution in [1.82, 2.24) is 0 Å². The van der Waals surface area contributed by atoms with Crippen LogP contribution in [0.15, 0.2) is 24.8 Å². The molecule has 1 aliphatic rings. The summed E-state index contributed by atoms with van der Waals surface area (Å²) in [5.41, 5.74) is -0.885. The lowest BCUT2D eigenvalue weighted by molar-refractivity contribution is -0.175. The Hall–Kier alpha value is -2.48. The standard InChI is InChI=1S/C26H40O8/c1-8-22(29)32-14-18(15-33-24(31)26(7,17(2)3)16-25(4,5)6)34-23(30)20-12-10-9-11-19(20)21(28)13-27/h8-10,17-20,27H,1,11-16H2,2-7H3. The summed E-state index contributed by atoms with van der Waals surface area (Å²) >= 11 is 0. The molecule has 0 bridgehead atoms. The highest BCUT2D eigenvalue weighted by molar-refractivity contribution is 5.88. The molecule has 8 nitrogen and oxygen atoms in total. The van der Waals surface area contributed by atoms with E-state index >= 15 is 0 Å². The Morgan fingerprint density at radius 3 is 2.09 bits per heavy atom. The maximum atomic E-state index is 13.1. The van der Waals surface area contributed by atoms with E-state index in [2.05, 4.69) is 6.58 Å². The van der Waals surface area contributed by atoms with Crippen LogP contribution in [0.25, 0.3) is 0 Å². The maximum Gasteiger partial charge on any atom is 0.330 e. The van der Waals surface area contributed by atoms with Gasteiger partial charge in [0.25, 0.3) is 0 Å². The summed E-state index contributed by atoms with van der Waals surface area (Å²) in [6.07, 6.45) is 4.68. The van der Waals surface area contributed by atoms with Crippen molar-refractivity contribution in [2.24, 2.45) is 28.6 Å². The van der Waals surface area contributed by atoms with E-state index in [0.29, 0.717) is 12.8 Å². The van der Waals surface area contributed by atoms with Gasteiger partial charge in [-0.1, -0.05) is 53.3 Å². The lowest BCUT2D eigenvalue weighted by Gasteiger charge is -2.37. The van der Waals surface area contributed by atoms with Gasteiger partial charge in [0, 0.05) is 12.0 Å². The van der Waals surface area contributed by atoms with Crippen LogP contribution in [0.1, 0.15) is 60.8 Å². The van der Waals surface area contributed by atoms with Gasteiger partial charge >= 0.3 is 17.9 Å². The zero-order valence-electron chi connectivity index (χ0n) is 21.3. The molecule has 34 heavy (non-hydrogen) atoms. The van der Waals surface area contributed by atoms with Crippen molar-refractivity contribution in [3.05, 3.63) is 24.8 Å². The number of aliphatic hydroxyl groups excluding tert-OH is 1. The molecule has 0 aromatic carbocycles. The largest absolute Gasteiger partial charge is 0.461 e. The van der Waals surface area contributed by atoms with E-state index in [0.717, 1.165) is 6.08 Å². The van der Waals surface area contributed by atoms with Crippen LogP contribution in [-0.4, -0.2) is 54.7 Å². The van der Waals surface area contributed by atoms with Crippen molar-refractivity contribution in [1.29, 1.82) is 0 Å². The predicted molar refractivity (Wildman–Crippen MR) is 126 cm³/mol. The minimum absolute atomic E-state index is 0.00176. The number of carbonyl (C=O) groups is 4. The first kappa shape index (κ1) is 29.6. The molecule has 0 radical (unpaired) electrons. The predicted octanol–water partition coefficient (Wildman–Crippen LogP) is 3.41. The summed E-state index contributed by atoms with van der Waals surface area (Å²) in [6, 6.07) is 0. The SMILES string of the molecule is C=CC(=O)OCC(COC(=O)C(C)(CC(C)(C)C)C(C)C)OC(=O)C1CC=CCC1C(=O)CO. The molecule has 4 atom stereocenters. The normalized spacial score (nSPS) is 20.7. The van der Waals surface area contributed by atoms with Gasteiger partial charge in [-0.05, 0) is 37.5 Å². The van der Waals surface area contributed by atoms with Gasteiger partial charge in [0.15, 0.2) is 11.9 Å². The van der Waals surface area contributed by atoms with Gasteiger partial charge in [0.05, 0.1) is 11.3 Å². The number of ether oxygens (including phenoxy) is 3. The summed E-state index contributed by atoms with van der Waals surface area (Å²) in [7, 11) is 0. The number of hydrogen-bond acceptors (Lipinski definition) is 8. The number of ketones is 1. The highest BCUT2D eigenvalue weighted by atomic mass is 16.6. The molecule has 1 aliphatic carbocycles. The Morgan fingerprint density at radius 2 is 1.59 bits per heavy atom. The second-order valence-corrected chi connectivity index (χ2v) is 10.6. The first-order chi connectivity index (χ1) is 15.7. The van der Waals surface area contributed by atoms with Gasteiger partial charge in [-0.25, -0.2) is 4.79 Å². The van der Waals surface area contributed by atoms with E-state index in [1.807, 2.05) is 41.5 Å². The van der Waals surface area contributed by atoms with Crippen LogP contribution in [0, 0.1) is 28.6 Å². The van der Waals surface area contributed by atoms with Crippen molar-refractivity contribution in [2.45, 2.75) is 66.9 Å². The molecule has 0 aliphatic heterocycles. The summed E-state index contributed by atoms with van der Waals surface area (Å²) in [4.78, 5) is 49.6. The molecule has 1 N–H and O–H groups in total. The van der Waals surface area contributed by atoms with Crippen LogP contribution in [-0.2, 0) is 33.4 Å². The zero-order chi connectivity index (χ0) is 26.1. The molecule has 0 amide bonds. The van der Waals surface area contributed by atoms with E-state index in [9.17, 15) is 24.3 Å². The van der Waals surface area contributed by atoms with Crippen molar-refractivity contribution in [3.8, 4) is 0 Å². The summed E-state index contributed by atoms with van der Waals surface area (Å²) in [5, 5.41) is 9.24. The molecule has 4 unspecified atom stereocenters. The highest BCUT2D eigenvalue weighted by Crippen LogP contribution is 2.40. The first-order valence-corrected chi connectivity index (χ1v) is 11.7. The van der Waals surface area contributed by atoms with Crippen LogP contribution in [0.2, 0.25) is 0 Å². The Morgan fingerprint density at radius 1 is 1.03 bits per heavy atom. The number of Topliss-reactive ketones (excluding diaryl/α,β-unsaturated/α-hetero) is 1. The van der Waals surface area contributed by atoms with Gasteiger partial charge in [0.1, 0.15) is 19.8 Å². The Bertz CT molecular complexity index is 776. The van der Waals surface area contributed by atoms with Gasteiger partial charge < -0.3 is 19.3 Å². The monoisotopic (exact) mass is 480 g/mol. The quantitative estimate of drug-likeness (QED) is 0.195. The van der Waals surface area contributed by atoms with E-state index in [1.54, 1.807) is 12.2 Å². The molecular formula is C26H40O8. The van der Waals surface area contributed by atoms with Crippen molar-refractivity contribution in [2.75, 3.05) is 19.8 Å². The molecule has 8 heteroatoms. The Balaban J connectivity index is 2.98. The fourth-order valence-electron chi connectivity index (χ4n) is 4.10. The second kappa shape index (κ2) is 12.8. The van der Waals surface area contributed by atoms with Crippen LogP contribution >= 0.6 is 0 Å². The van der Waals surface area contributed by atoms with Crippen molar-refractivity contribution in [3.63, 3.8) is 0 Å². The number of esters is 3. The summed E-state index contributed by atoms with van der Waals surface area (Å²) in [5.74, 6) is -3.73. The minimum Gasteiger partial charge on any atom is -0.461 e. The lowest BCUT2D eigenvalue weighted by Crippen LogP contribution is -2.41. The summed E-state index contributed by atoms with van der Waals surface area (Å²) in [6.45, 7) is 13.9. The number of aliphatic hydroxyl groups is 1. The smallest absolute Gasteiger partial charge is 0.330 e. The molecule has 0 heterocycles. The number of rotatable bonds is 12. The molecule has 0 spiro atoms. The third-order valence-electron chi connectivity index (χ3n) is 6.20. The molecule has 0 saturated carbocycles. The fraction of sp³-hybridized carbons (Fsp3) is 0.692. The average Bonchev–Trinajstić information content (AvgIpc) is 2.78. The fourth-order valence-corrected chi connectivity index (χ4v) is 4.10. The molecular weight excluding hydrogens is 440 g/mol. The Labute approximate surface area is 202 Å². The van der Waals surface area contributed by atoms with Crippen LogP contribution in [0.4, 0.5) is 0 Å². The molecule has 1 rings (SSSR count). The van der Waals surface area contributed by atoms with Crippen LogP contribution < -0.4 is 0 Å². The molecule has 0 fully saturated rings. The van der Waals surface area contributed by atoms with E-state index in [4.69, 9.17) is 14.2 Å². The van der Waals surface area contributed by atoms with E-state index in [-0.39, 0.29) is 31.0 Å². The van der Waals surface area contributed by atoms with Crippen molar-refractivity contribution >= 4 is 23.7 Å².